The molecule has 0 spiro atoms. The van der Waals surface area contributed by atoms with Crippen LogP contribution in [-0.4, -0.2) is 0 Å². The molecular formula is C18H16. The lowest BCUT2D eigenvalue weighted by molar-refractivity contribution is 1.60. The molecule has 0 saturated carbocycles. The van der Waals surface area contributed by atoms with Crippen LogP contribution in [0.1, 0.15) is 13.8 Å². The fourth-order valence-electron chi connectivity index (χ4n) is 2.82. The van der Waals surface area contributed by atoms with E-state index in [1.165, 1.54) is 32.0 Å². The third-order valence-electron chi connectivity index (χ3n) is 3.59. The number of hydrogen-bond acceptors (Lipinski definition) is 0. The maximum Gasteiger partial charge on any atom is -0.00991 e. The lowest BCUT2D eigenvalue weighted by atomic mass is 9.97. The molecule has 3 aromatic rings. The molecule has 3 rings (SSSR count). The third kappa shape index (κ3) is 1.46. The first kappa shape index (κ1) is 11.0. The van der Waals surface area contributed by atoms with Crippen molar-refractivity contribution in [2.45, 2.75) is 13.8 Å². The summed E-state index contributed by atoms with van der Waals surface area (Å²) in [7, 11) is 0. The van der Waals surface area contributed by atoms with Crippen LogP contribution in [0, 0.1) is 0 Å². The van der Waals surface area contributed by atoms with Gasteiger partial charge in [0.25, 0.3) is 0 Å². The van der Waals surface area contributed by atoms with Crippen molar-refractivity contribution < 1.29 is 0 Å². The molecule has 0 fully saturated rings. The second-order valence-electron chi connectivity index (χ2n) is 4.50. The van der Waals surface area contributed by atoms with E-state index in [1.54, 1.807) is 0 Å². The van der Waals surface area contributed by atoms with Crippen LogP contribution in [0.15, 0.2) is 48.5 Å². The van der Waals surface area contributed by atoms with Gasteiger partial charge in [0, 0.05) is 0 Å². The summed E-state index contributed by atoms with van der Waals surface area (Å²) >= 11 is 0. The molecule has 0 radical (unpaired) electrons. The van der Waals surface area contributed by atoms with Crippen LogP contribution in [0.2, 0.25) is 0 Å². The molecule has 0 N–H and O–H groups in total. The zero-order valence-corrected chi connectivity index (χ0v) is 10.8. The lowest BCUT2D eigenvalue weighted by Crippen LogP contribution is -2.25. The first-order chi connectivity index (χ1) is 8.86. The van der Waals surface area contributed by atoms with Gasteiger partial charge in [0.1, 0.15) is 0 Å². The van der Waals surface area contributed by atoms with E-state index < -0.39 is 0 Å². The molecule has 18 heavy (non-hydrogen) atoms. The summed E-state index contributed by atoms with van der Waals surface area (Å²) in [6, 6.07) is 17.3. The molecule has 0 heteroatoms. The van der Waals surface area contributed by atoms with Crippen molar-refractivity contribution in [3.8, 4) is 0 Å². The van der Waals surface area contributed by atoms with Gasteiger partial charge in [-0.15, -0.1) is 0 Å². The molecule has 0 aliphatic rings. The fraction of sp³-hybridized carbons (Fsp3) is 0.111. The third-order valence-corrected chi connectivity index (χ3v) is 3.59. The molecule has 0 atom stereocenters. The highest BCUT2D eigenvalue weighted by Gasteiger charge is 2.03. The molecule has 88 valence electrons. The van der Waals surface area contributed by atoms with E-state index in [4.69, 9.17) is 0 Å². The van der Waals surface area contributed by atoms with Crippen LogP contribution in [0.5, 0.6) is 0 Å². The maximum absolute atomic E-state index is 2.21. The Morgan fingerprint density at radius 3 is 1.22 bits per heavy atom. The van der Waals surface area contributed by atoms with Crippen molar-refractivity contribution in [3.63, 3.8) is 0 Å². The molecule has 0 heterocycles. The van der Waals surface area contributed by atoms with Gasteiger partial charge >= 0.3 is 0 Å². The molecule has 0 aliphatic carbocycles. The fourth-order valence-corrected chi connectivity index (χ4v) is 2.82. The summed E-state index contributed by atoms with van der Waals surface area (Å²) in [4.78, 5) is 0. The number of hydrogen-bond donors (Lipinski definition) is 0. The molecule has 0 bridgehead atoms. The standard InChI is InChI=1S/C18H16/c1-3-13-14(4-2)16-10-6-8-12-18(16)17-11-7-5-9-15(13)17/h3-12H,1-2H3. The van der Waals surface area contributed by atoms with Crippen molar-refractivity contribution in [2.75, 3.05) is 0 Å². The molecular weight excluding hydrogens is 216 g/mol. The summed E-state index contributed by atoms with van der Waals surface area (Å²) in [6.07, 6.45) is 4.42. The van der Waals surface area contributed by atoms with E-state index in [2.05, 4.69) is 74.5 Å². The van der Waals surface area contributed by atoms with Gasteiger partial charge in [-0.25, -0.2) is 0 Å². The quantitative estimate of drug-likeness (QED) is 0.520. The SMILES string of the molecule is CC=c1c(=CC)c2ccccc2c2ccccc12. The number of rotatable bonds is 0. The predicted molar refractivity (Wildman–Crippen MR) is 81.0 cm³/mol. The van der Waals surface area contributed by atoms with Crippen molar-refractivity contribution in [1.82, 2.24) is 0 Å². The normalized spacial score (nSPS) is 13.7. The average Bonchev–Trinajstić information content (AvgIpc) is 2.45. The van der Waals surface area contributed by atoms with Crippen LogP contribution in [0.3, 0.4) is 0 Å². The molecule has 0 saturated heterocycles. The van der Waals surface area contributed by atoms with E-state index in [-0.39, 0.29) is 0 Å². The largest absolute Gasteiger partial charge is 0.0791 e. The highest BCUT2D eigenvalue weighted by atomic mass is 14.1. The first-order valence-electron chi connectivity index (χ1n) is 6.39. The molecule has 0 aliphatic heterocycles. The second kappa shape index (κ2) is 4.30. The van der Waals surface area contributed by atoms with Crippen molar-refractivity contribution in [2.24, 2.45) is 0 Å². The Labute approximate surface area is 107 Å². The van der Waals surface area contributed by atoms with E-state index in [0.717, 1.165) is 0 Å². The molecule has 0 nitrogen and oxygen atoms in total. The van der Waals surface area contributed by atoms with E-state index in [9.17, 15) is 0 Å². The monoisotopic (exact) mass is 232 g/mol. The summed E-state index contributed by atoms with van der Waals surface area (Å²) in [6.45, 7) is 4.23. The van der Waals surface area contributed by atoms with Gasteiger partial charge in [-0.05, 0) is 45.8 Å². The van der Waals surface area contributed by atoms with Gasteiger partial charge in [0.15, 0.2) is 0 Å². The van der Waals surface area contributed by atoms with E-state index >= 15 is 0 Å². The lowest BCUT2D eigenvalue weighted by Gasteiger charge is -2.06. The van der Waals surface area contributed by atoms with Gasteiger partial charge in [-0.3, -0.25) is 0 Å². The van der Waals surface area contributed by atoms with E-state index in [0.29, 0.717) is 0 Å². The zero-order valence-electron chi connectivity index (χ0n) is 10.8. The van der Waals surface area contributed by atoms with Gasteiger partial charge in [-0.1, -0.05) is 60.7 Å². The van der Waals surface area contributed by atoms with Gasteiger partial charge < -0.3 is 0 Å². The van der Waals surface area contributed by atoms with Crippen LogP contribution < -0.4 is 10.4 Å². The van der Waals surface area contributed by atoms with Gasteiger partial charge in [-0.2, -0.15) is 0 Å². The summed E-state index contributed by atoms with van der Waals surface area (Å²) in [5.74, 6) is 0. The Hall–Kier alpha value is -2.08. The van der Waals surface area contributed by atoms with Crippen molar-refractivity contribution >= 4 is 33.7 Å². The minimum absolute atomic E-state index is 1.34. The van der Waals surface area contributed by atoms with Crippen LogP contribution in [0.25, 0.3) is 33.7 Å². The highest BCUT2D eigenvalue weighted by molar-refractivity contribution is 6.08. The Bertz CT molecular complexity index is 766. The van der Waals surface area contributed by atoms with Crippen LogP contribution in [-0.2, 0) is 0 Å². The zero-order chi connectivity index (χ0) is 12.5. The van der Waals surface area contributed by atoms with Gasteiger partial charge in [0.2, 0.25) is 0 Å². The summed E-state index contributed by atoms with van der Waals surface area (Å²) < 4.78 is 0. The predicted octanol–water partition coefficient (Wildman–Crippen LogP) is 3.59. The Kier molecular flexibility index (Phi) is 2.64. The number of fused-ring (bicyclic) bond motifs is 3. The summed E-state index contributed by atoms with van der Waals surface area (Å²) in [5, 5.41) is 8.04. The maximum atomic E-state index is 2.21. The molecule has 0 aromatic heterocycles. The van der Waals surface area contributed by atoms with Crippen LogP contribution in [0.4, 0.5) is 0 Å². The Balaban J connectivity index is 2.81. The minimum Gasteiger partial charge on any atom is -0.0791 e. The van der Waals surface area contributed by atoms with Crippen LogP contribution >= 0.6 is 0 Å². The minimum atomic E-state index is 1.34. The Morgan fingerprint density at radius 2 is 0.889 bits per heavy atom. The highest BCUT2D eigenvalue weighted by Crippen LogP contribution is 2.19. The second-order valence-corrected chi connectivity index (χ2v) is 4.50. The first-order valence-corrected chi connectivity index (χ1v) is 6.39. The van der Waals surface area contributed by atoms with Crippen molar-refractivity contribution in [3.05, 3.63) is 59.0 Å². The molecule has 0 amide bonds. The number of benzene rings is 3. The van der Waals surface area contributed by atoms with Crippen molar-refractivity contribution in [1.29, 1.82) is 0 Å². The average molecular weight is 232 g/mol. The summed E-state index contributed by atoms with van der Waals surface area (Å²) in [5.41, 5.74) is 0. The Morgan fingerprint density at radius 1 is 0.556 bits per heavy atom. The van der Waals surface area contributed by atoms with E-state index in [1.807, 2.05) is 0 Å². The molecule has 3 aromatic carbocycles. The van der Waals surface area contributed by atoms with Gasteiger partial charge in [0.05, 0.1) is 0 Å². The molecule has 0 unspecified atom stereocenters. The smallest absolute Gasteiger partial charge is 0.00991 e. The topological polar surface area (TPSA) is 0 Å².